The molecule has 198 valence electrons. The Bertz CT molecular complexity index is 1330. The Kier molecular flexibility index (Phi) is 10.2. The van der Waals surface area contributed by atoms with Gasteiger partial charge in [-0.1, -0.05) is 47.5 Å². The molecule has 3 rings (SSSR count). The third-order valence-electron chi connectivity index (χ3n) is 5.26. The first-order valence-corrected chi connectivity index (χ1v) is 12.3. The second-order valence-electron chi connectivity index (χ2n) is 8.30. The molecule has 3 amide bonds. The topological polar surface area (TPSA) is 118 Å². The van der Waals surface area contributed by atoms with Crippen LogP contribution in [0, 0.1) is 13.8 Å². The second-order valence-corrected chi connectivity index (χ2v) is 8.74. The van der Waals surface area contributed by atoms with E-state index >= 15 is 0 Å². The average molecular weight is 537 g/mol. The lowest BCUT2D eigenvalue weighted by molar-refractivity contribution is -0.139. The van der Waals surface area contributed by atoms with Gasteiger partial charge in [0, 0.05) is 17.3 Å². The quantitative estimate of drug-likeness (QED) is 0.204. The predicted molar refractivity (Wildman–Crippen MR) is 147 cm³/mol. The van der Waals surface area contributed by atoms with Crippen LogP contribution in [0.5, 0.6) is 11.5 Å². The SMILES string of the molecule is CCOc1cc(/C=N\NC(=O)C(=O)NCc2ccc(C)cc2)ccc1OCC(=O)Nc1cc(Cl)ccc1C. The summed E-state index contributed by atoms with van der Waals surface area (Å²) >= 11 is 6.00. The van der Waals surface area contributed by atoms with Crippen LogP contribution in [0.25, 0.3) is 0 Å². The molecule has 0 aliphatic rings. The number of nitrogens with one attached hydrogen (secondary N) is 3. The Labute approximate surface area is 226 Å². The van der Waals surface area contributed by atoms with Crippen LogP contribution in [0.2, 0.25) is 5.02 Å². The van der Waals surface area contributed by atoms with E-state index in [0.717, 1.165) is 16.7 Å². The number of aryl methyl sites for hydroxylation is 2. The lowest BCUT2D eigenvalue weighted by atomic mass is 10.1. The summed E-state index contributed by atoms with van der Waals surface area (Å²) in [5.41, 5.74) is 6.24. The number of amides is 3. The molecule has 0 heterocycles. The summed E-state index contributed by atoms with van der Waals surface area (Å²) in [5.74, 6) is -1.29. The molecule has 0 aliphatic heterocycles. The van der Waals surface area contributed by atoms with Gasteiger partial charge in [-0.25, -0.2) is 5.43 Å². The van der Waals surface area contributed by atoms with Crippen LogP contribution in [0.1, 0.15) is 29.2 Å². The van der Waals surface area contributed by atoms with Gasteiger partial charge < -0.3 is 20.1 Å². The van der Waals surface area contributed by atoms with Crippen molar-refractivity contribution < 1.29 is 23.9 Å². The Morgan fingerprint density at radius 1 is 0.921 bits per heavy atom. The fraction of sp³-hybridized carbons (Fsp3) is 0.214. The summed E-state index contributed by atoms with van der Waals surface area (Å²) in [6.45, 7) is 5.99. The highest BCUT2D eigenvalue weighted by Gasteiger charge is 2.13. The molecule has 0 spiro atoms. The summed E-state index contributed by atoms with van der Waals surface area (Å²) in [6, 6.07) is 17.8. The second kappa shape index (κ2) is 13.8. The molecule has 3 aromatic rings. The van der Waals surface area contributed by atoms with E-state index in [-0.39, 0.29) is 19.1 Å². The molecular weight excluding hydrogens is 508 g/mol. The van der Waals surface area contributed by atoms with E-state index in [1.165, 1.54) is 6.21 Å². The van der Waals surface area contributed by atoms with Crippen LogP contribution in [-0.4, -0.2) is 37.1 Å². The molecule has 3 aromatic carbocycles. The number of halogens is 1. The molecule has 9 nitrogen and oxygen atoms in total. The maximum atomic E-state index is 12.4. The first kappa shape index (κ1) is 28.2. The number of carbonyl (C=O) groups is 3. The Hall–Kier alpha value is -4.37. The molecule has 0 bridgehead atoms. The number of benzene rings is 3. The van der Waals surface area contributed by atoms with E-state index in [1.54, 1.807) is 30.3 Å². The van der Waals surface area contributed by atoms with Crippen LogP contribution in [0.4, 0.5) is 5.69 Å². The van der Waals surface area contributed by atoms with Crippen molar-refractivity contribution in [3.8, 4) is 11.5 Å². The summed E-state index contributed by atoms with van der Waals surface area (Å²) in [4.78, 5) is 36.4. The van der Waals surface area contributed by atoms with Gasteiger partial charge in [0.15, 0.2) is 18.1 Å². The molecule has 0 saturated heterocycles. The number of nitrogens with zero attached hydrogens (tertiary/aromatic N) is 1. The minimum absolute atomic E-state index is 0.228. The molecule has 0 aliphatic carbocycles. The first-order chi connectivity index (χ1) is 18.2. The minimum atomic E-state index is -0.890. The van der Waals surface area contributed by atoms with Crippen LogP contribution in [0.15, 0.2) is 65.8 Å². The fourth-order valence-electron chi connectivity index (χ4n) is 3.24. The van der Waals surface area contributed by atoms with E-state index < -0.39 is 11.8 Å². The monoisotopic (exact) mass is 536 g/mol. The molecular formula is C28H29ClN4O5. The molecule has 10 heteroatoms. The van der Waals surface area contributed by atoms with Crippen molar-refractivity contribution in [1.29, 1.82) is 0 Å². The standard InChI is InChI=1S/C28H29ClN4O5/c1-4-37-25-13-21(16-31-33-28(36)27(35)30-15-20-8-5-18(2)6-9-20)10-12-24(25)38-17-26(34)32-23-14-22(29)11-7-19(23)3/h5-14,16H,4,15,17H2,1-3H3,(H,30,35)(H,32,34)(H,33,36)/b31-16-. The maximum absolute atomic E-state index is 12.4. The van der Waals surface area contributed by atoms with Crippen molar-refractivity contribution in [2.45, 2.75) is 27.3 Å². The highest BCUT2D eigenvalue weighted by Crippen LogP contribution is 2.28. The Balaban J connectivity index is 1.53. The zero-order valence-corrected chi connectivity index (χ0v) is 22.1. The molecule has 38 heavy (non-hydrogen) atoms. The maximum Gasteiger partial charge on any atom is 0.329 e. The summed E-state index contributed by atoms with van der Waals surface area (Å²) in [6.07, 6.45) is 1.37. The van der Waals surface area contributed by atoms with E-state index in [0.29, 0.717) is 34.4 Å². The van der Waals surface area contributed by atoms with Gasteiger partial charge in [0.05, 0.1) is 12.8 Å². The molecule has 0 atom stereocenters. The van der Waals surface area contributed by atoms with Gasteiger partial charge in [0.1, 0.15) is 0 Å². The smallest absolute Gasteiger partial charge is 0.329 e. The third-order valence-corrected chi connectivity index (χ3v) is 5.49. The number of ether oxygens (including phenoxy) is 2. The van der Waals surface area contributed by atoms with Crippen LogP contribution in [-0.2, 0) is 20.9 Å². The number of anilines is 1. The van der Waals surface area contributed by atoms with Crippen molar-refractivity contribution in [2.24, 2.45) is 5.10 Å². The van der Waals surface area contributed by atoms with Gasteiger partial charge in [0.25, 0.3) is 5.91 Å². The molecule has 3 N–H and O–H groups in total. The van der Waals surface area contributed by atoms with E-state index in [2.05, 4.69) is 21.2 Å². The van der Waals surface area contributed by atoms with Crippen molar-refractivity contribution in [2.75, 3.05) is 18.5 Å². The molecule has 0 aromatic heterocycles. The highest BCUT2D eigenvalue weighted by molar-refractivity contribution is 6.35. The van der Waals surface area contributed by atoms with Crippen molar-refractivity contribution in [3.05, 3.63) is 87.9 Å². The van der Waals surface area contributed by atoms with Gasteiger partial charge in [-0.2, -0.15) is 5.10 Å². The largest absolute Gasteiger partial charge is 0.490 e. The van der Waals surface area contributed by atoms with Crippen LogP contribution < -0.4 is 25.5 Å². The van der Waals surface area contributed by atoms with E-state index in [1.807, 2.05) is 51.1 Å². The summed E-state index contributed by atoms with van der Waals surface area (Å²) in [7, 11) is 0. The average Bonchev–Trinajstić information content (AvgIpc) is 2.90. The number of carbonyl (C=O) groups excluding carboxylic acids is 3. The Morgan fingerprint density at radius 3 is 2.42 bits per heavy atom. The van der Waals surface area contributed by atoms with Crippen molar-refractivity contribution >= 4 is 41.2 Å². The van der Waals surface area contributed by atoms with Crippen LogP contribution in [0.3, 0.4) is 0 Å². The molecule has 0 saturated carbocycles. The van der Waals surface area contributed by atoms with Crippen molar-refractivity contribution in [3.63, 3.8) is 0 Å². The lowest BCUT2D eigenvalue weighted by Gasteiger charge is -2.13. The van der Waals surface area contributed by atoms with E-state index in [4.69, 9.17) is 21.1 Å². The Morgan fingerprint density at radius 2 is 1.68 bits per heavy atom. The summed E-state index contributed by atoms with van der Waals surface area (Å²) < 4.78 is 11.3. The zero-order chi connectivity index (χ0) is 27.5. The fourth-order valence-corrected chi connectivity index (χ4v) is 3.41. The molecule has 0 unspecified atom stereocenters. The number of rotatable bonds is 10. The molecule has 0 fully saturated rings. The minimum Gasteiger partial charge on any atom is -0.490 e. The van der Waals surface area contributed by atoms with Gasteiger partial charge in [-0.15, -0.1) is 0 Å². The third kappa shape index (κ3) is 8.63. The molecule has 0 radical (unpaired) electrons. The zero-order valence-electron chi connectivity index (χ0n) is 21.3. The lowest BCUT2D eigenvalue weighted by Crippen LogP contribution is -2.37. The number of hydrogen-bond donors (Lipinski definition) is 3. The predicted octanol–water partition coefficient (Wildman–Crippen LogP) is 4.14. The highest BCUT2D eigenvalue weighted by atomic mass is 35.5. The van der Waals surface area contributed by atoms with Crippen LogP contribution >= 0.6 is 11.6 Å². The van der Waals surface area contributed by atoms with Gasteiger partial charge >= 0.3 is 11.8 Å². The van der Waals surface area contributed by atoms with Gasteiger partial charge in [0.2, 0.25) is 0 Å². The number of hydrogen-bond acceptors (Lipinski definition) is 6. The normalized spacial score (nSPS) is 10.6. The van der Waals surface area contributed by atoms with Gasteiger partial charge in [-0.3, -0.25) is 14.4 Å². The van der Waals surface area contributed by atoms with Crippen molar-refractivity contribution in [1.82, 2.24) is 10.7 Å². The first-order valence-electron chi connectivity index (χ1n) is 11.9. The summed E-state index contributed by atoms with van der Waals surface area (Å²) in [5, 5.41) is 9.67. The van der Waals surface area contributed by atoms with Gasteiger partial charge in [-0.05, 0) is 67.8 Å². The number of hydrazone groups is 1. The van der Waals surface area contributed by atoms with E-state index in [9.17, 15) is 14.4 Å².